The van der Waals surface area contributed by atoms with Gasteiger partial charge in [0.25, 0.3) is 0 Å². The molecule has 0 fully saturated rings. The first-order chi connectivity index (χ1) is 17.3. The Morgan fingerprint density at radius 2 is 0.972 bits per heavy atom. The van der Waals surface area contributed by atoms with Crippen molar-refractivity contribution in [1.82, 2.24) is 0 Å². The lowest BCUT2D eigenvalue weighted by molar-refractivity contribution is 0.410. The summed E-state index contributed by atoms with van der Waals surface area (Å²) in [5.74, 6) is 1.10. The average molecular weight is 483 g/mol. The molecule has 0 heterocycles. The van der Waals surface area contributed by atoms with Gasteiger partial charge in [0.15, 0.2) is 0 Å². The van der Waals surface area contributed by atoms with Gasteiger partial charge in [0, 0.05) is 0 Å². The van der Waals surface area contributed by atoms with E-state index in [0.717, 1.165) is 18.6 Å². The second kappa shape index (κ2) is 13.2. The fraction of sp³-hybridized carbons (Fsp3) is 0.471. The third kappa shape index (κ3) is 7.28. The highest BCUT2D eigenvalue weighted by molar-refractivity contribution is 6.80. The second-order valence-corrected chi connectivity index (χ2v) is 11.7. The second-order valence-electron chi connectivity index (χ2n) is 11.7. The van der Waals surface area contributed by atoms with Gasteiger partial charge in [0.2, 0.25) is 0 Å². The Morgan fingerprint density at radius 1 is 0.556 bits per heavy atom. The minimum atomic E-state index is -0.148. The average Bonchev–Trinajstić information content (AvgIpc) is 2.88. The van der Waals surface area contributed by atoms with E-state index in [0.29, 0.717) is 0 Å². The Morgan fingerprint density at radius 3 is 1.36 bits per heavy atom. The summed E-state index contributed by atoms with van der Waals surface area (Å²) in [4.78, 5) is 0. The van der Waals surface area contributed by atoms with Gasteiger partial charge in [-0.25, -0.2) is 0 Å². The Balaban J connectivity index is 2.13. The van der Waals surface area contributed by atoms with Gasteiger partial charge in [-0.1, -0.05) is 159 Å². The molecule has 0 radical (unpaired) electrons. The van der Waals surface area contributed by atoms with E-state index in [1.807, 2.05) is 0 Å². The molecule has 0 aliphatic heterocycles. The van der Waals surface area contributed by atoms with E-state index in [1.54, 1.807) is 0 Å². The number of hydrogen-bond acceptors (Lipinski definition) is 1. The van der Waals surface area contributed by atoms with Crippen molar-refractivity contribution >= 4 is 17.8 Å². The lowest BCUT2D eigenvalue weighted by atomic mass is 9.55. The third-order valence-corrected chi connectivity index (χ3v) is 7.72. The first-order valence-electron chi connectivity index (χ1n) is 14.2. The number of para-hydroxylation sites is 1. The molecular formula is C34H47BO. The molecule has 0 spiro atoms. The lowest BCUT2D eigenvalue weighted by Gasteiger charge is -2.35. The number of benzene rings is 3. The van der Waals surface area contributed by atoms with Gasteiger partial charge in [-0.3, -0.25) is 0 Å². The normalized spacial score (nSPS) is 11.9. The summed E-state index contributed by atoms with van der Waals surface area (Å²) in [5, 5.41) is 0. The molecule has 192 valence electrons. The molecule has 3 rings (SSSR count). The van der Waals surface area contributed by atoms with Crippen LogP contribution in [0.1, 0.15) is 104 Å². The van der Waals surface area contributed by atoms with Crippen molar-refractivity contribution in [2.24, 2.45) is 0 Å². The minimum absolute atomic E-state index is 0.0396. The molecule has 0 aliphatic rings. The van der Waals surface area contributed by atoms with Crippen LogP contribution in [0.3, 0.4) is 0 Å². The molecule has 0 aromatic heterocycles. The highest BCUT2D eigenvalue weighted by Crippen LogP contribution is 2.43. The summed E-state index contributed by atoms with van der Waals surface area (Å²) in [6.07, 6.45) is 9.86. The quantitative estimate of drug-likeness (QED) is 0.165. The Hall–Kier alpha value is -2.48. The Labute approximate surface area is 221 Å². The van der Waals surface area contributed by atoms with Crippen molar-refractivity contribution in [3.05, 3.63) is 90.0 Å². The fourth-order valence-corrected chi connectivity index (χ4v) is 5.34. The van der Waals surface area contributed by atoms with E-state index in [4.69, 9.17) is 4.65 Å². The molecule has 0 saturated carbocycles. The van der Waals surface area contributed by atoms with Crippen molar-refractivity contribution in [2.75, 3.05) is 0 Å². The van der Waals surface area contributed by atoms with E-state index in [9.17, 15) is 0 Å². The van der Waals surface area contributed by atoms with Crippen molar-refractivity contribution in [3.8, 4) is 5.75 Å². The van der Waals surface area contributed by atoms with Crippen LogP contribution in [-0.2, 0) is 10.8 Å². The maximum Gasteiger partial charge on any atom is 0.426 e. The molecule has 1 nitrogen and oxygen atoms in total. The molecule has 0 N–H and O–H groups in total. The third-order valence-electron chi connectivity index (χ3n) is 7.72. The molecule has 0 atom stereocenters. The first-order valence-corrected chi connectivity index (χ1v) is 14.2. The summed E-state index contributed by atoms with van der Waals surface area (Å²) < 4.78 is 7.23. The molecule has 3 aromatic carbocycles. The predicted octanol–water partition coefficient (Wildman–Crippen LogP) is 8.59. The summed E-state index contributed by atoms with van der Waals surface area (Å²) in [6, 6.07) is 28.3. The van der Waals surface area contributed by atoms with Gasteiger partial charge < -0.3 is 4.65 Å². The van der Waals surface area contributed by atoms with Gasteiger partial charge in [-0.2, -0.15) is 0 Å². The predicted molar refractivity (Wildman–Crippen MR) is 159 cm³/mol. The molecule has 0 aliphatic carbocycles. The topological polar surface area (TPSA) is 9.23 Å². The molecule has 0 amide bonds. The van der Waals surface area contributed by atoms with Gasteiger partial charge in [-0.15, -0.1) is 0 Å². The van der Waals surface area contributed by atoms with Crippen LogP contribution < -0.4 is 15.6 Å². The molecule has 2 heteroatoms. The number of unbranched alkanes of at least 4 members (excludes halogenated alkanes) is 4. The van der Waals surface area contributed by atoms with Crippen molar-refractivity contribution in [1.29, 1.82) is 0 Å². The first kappa shape index (κ1) is 28.1. The van der Waals surface area contributed by atoms with Gasteiger partial charge >= 0.3 is 6.92 Å². The van der Waals surface area contributed by atoms with E-state index < -0.39 is 0 Å². The van der Waals surface area contributed by atoms with Crippen molar-refractivity contribution in [3.63, 3.8) is 0 Å². The highest BCUT2D eigenvalue weighted by atomic mass is 16.4. The van der Waals surface area contributed by atoms with Crippen LogP contribution in [0, 0.1) is 0 Å². The van der Waals surface area contributed by atoms with E-state index in [-0.39, 0.29) is 17.7 Å². The molecular weight excluding hydrogens is 435 g/mol. The molecule has 0 saturated heterocycles. The SMILES string of the molecule is CCCCCC(C)(C)c1cccc(C(C)(C)CCCCC)c1OB(c1ccccc1)c1ccccc1. The van der Waals surface area contributed by atoms with Gasteiger partial charge in [-0.05, 0) is 45.7 Å². The van der Waals surface area contributed by atoms with Crippen LogP contribution in [0.4, 0.5) is 0 Å². The van der Waals surface area contributed by atoms with Crippen LogP contribution in [0.25, 0.3) is 0 Å². The number of hydrogen-bond donors (Lipinski definition) is 0. The lowest BCUT2D eigenvalue weighted by Crippen LogP contribution is -2.48. The standard InChI is InChI=1S/C34H47BO/c1-7-9-17-26-33(3,4)30-24-19-25-31(34(5,6)27-18-10-8-2)32(30)36-35(28-20-13-11-14-21-28)29-22-15-12-16-23-29/h11-16,19-25H,7-10,17-18,26-27H2,1-6H3. The summed E-state index contributed by atoms with van der Waals surface area (Å²) in [6.45, 7) is 14.0. The summed E-state index contributed by atoms with van der Waals surface area (Å²) in [7, 11) is 0. The van der Waals surface area contributed by atoms with Crippen molar-refractivity contribution in [2.45, 2.75) is 104 Å². The zero-order valence-corrected chi connectivity index (χ0v) is 23.6. The highest BCUT2D eigenvalue weighted by Gasteiger charge is 2.34. The van der Waals surface area contributed by atoms with Crippen LogP contribution in [0.15, 0.2) is 78.9 Å². The zero-order valence-electron chi connectivity index (χ0n) is 23.6. The van der Waals surface area contributed by atoms with Crippen LogP contribution in [0.5, 0.6) is 5.75 Å². The van der Waals surface area contributed by atoms with Gasteiger partial charge in [0.1, 0.15) is 5.75 Å². The molecule has 3 aromatic rings. The molecule has 0 bridgehead atoms. The fourth-order valence-electron chi connectivity index (χ4n) is 5.34. The van der Waals surface area contributed by atoms with E-state index in [1.165, 1.54) is 60.6 Å². The monoisotopic (exact) mass is 482 g/mol. The van der Waals surface area contributed by atoms with Gasteiger partial charge in [0.05, 0.1) is 0 Å². The summed E-state index contributed by atoms with van der Waals surface area (Å²) >= 11 is 0. The minimum Gasteiger partial charge on any atom is -0.551 e. The maximum absolute atomic E-state index is 7.23. The molecule has 36 heavy (non-hydrogen) atoms. The van der Waals surface area contributed by atoms with Crippen LogP contribution >= 0.6 is 0 Å². The Kier molecular flexibility index (Phi) is 10.3. The molecule has 0 unspecified atom stereocenters. The summed E-state index contributed by atoms with van der Waals surface area (Å²) in [5.41, 5.74) is 5.15. The van der Waals surface area contributed by atoms with Crippen LogP contribution in [0.2, 0.25) is 0 Å². The van der Waals surface area contributed by atoms with Crippen LogP contribution in [-0.4, -0.2) is 6.92 Å². The van der Waals surface area contributed by atoms with E-state index >= 15 is 0 Å². The zero-order chi connectivity index (χ0) is 26.0. The largest absolute Gasteiger partial charge is 0.551 e. The smallest absolute Gasteiger partial charge is 0.426 e. The number of rotatable bonds is 14. The Bertz CT molecular complexity index is 960. The maximum atomic E-state index is 7.23. The van der Waals surface area contributed by atoms with E-state index in [2.05, 4.69) is 120 Å². The van der Waals surface area contributed by atoms with Crippen molar-refractivity contribution < 1.29 is 4.65 Å².